The van der Waals surface area contributed by atoms with Crippen LogP contribution in [-0.2, 0) is 4.74 Å². The summed E-state index contributed by atoms with van der Waals surface area (Å²) >= 11 is 0. The van der Waals surface area contributed by atoms with Crippen molar-refractivity contribution in [1.29, 1.82) is 0 Å². The molecule has 1 heterocycles. The van der Waals surface area contributed by atoms with Crippen LogP contribution in [0.5, 0.6) is 0 Å². The van der Waals surface area contributed by atoms with Gasteiger partial charge >= 0.3 is 11.8 Å². The Hall–Kier alpha value is -0.840. The fraction of sp³-hybridized carbons (Fsp3) is 0.778. The van der Waals surface area contributed by atoms with Crippen LogP contribution in [0, 0.1) is 17.8 Å². The minimum atomic E-state index is -4.07. The van der Waals surface area contributed by atoms with Crippen molar-refractivity contribution in [3.8, 4) is 0 Å². The van der Waals surface area contributed by atoms with Gasteiger partial charge in [0.15, 0.2) is 0 Å². The van der Waals surface area contributed by atoms with E-state index in [0.717, 1.165) is 38.4 Å². The van der Waals surface area contributed by atoms with E-state index in [-0.39, 0.29) is 5.57 Å². The van der Waals surface area contributed by atoms with Crippen molar-refractivity contribution in [3.05, 3.63) is 23.8 Å². The second kappa shape index (κ2) is 6.23. The molecule has 0 bridgehead atoms. The van der Waals surface area contributed by atoms with Crippen molar-refractivity contribution < 1.29 is 22.3 Å². The predicted octanol–water partition coefficient (Wildman–Crippen LogP) is 5.37. The summed E-state index contributed by atoms with van der Waals surface area (Å²) in [7, 11) is 0. The van der Waals surface area contributed by atoms with Crippen LogP contribution in [0.3, 0.4) is 0 Å². The molecule has 0 spiro atoms. The highest BCUT2D eigenvalue weighted by Gasteiger charge is 2.59. The summed E-state index contributed by atoms with van der Waals surface area (Å²) in [6.45, 7) is 2.81. The molecule has 0 radical (unpaired) electrons. The molecule has 0 aromatic carbocycles. The van der Waals surface area contributed by atoms with Gasteiger partial charge < -0.3 is 4.74 Å². The van der Waals surface area contributed by atoms with E-state index in [9.17, 15) is 17.6 Å². The van der Waals surface area contributed by atoms with Gasteiger partial charge in [0.05, 0.1) is 12.7 Å². The van der Waals surface area contributed by atoms with E-state index >= 15 is 0 Å². The molecule has 0 amide bonds. The van der Waals surface area contributed by atoms with E-state index < -0.39 is 17.8 Å². The Morgan fingerprint density at radius 1 is 0.957 bits per heavy atom. The first-order valence-electron chi connectivity index (χ1n) is 8.58. The number of ether oxygens (including phenoxy) is 1. The quantitative estimate of drug-likeness (QED) is 0.617. The zero-order valence-electron chi connectivity index (χ0n) is 13.4. The summed E-state index contributed by atoms with van der Waals surface area (Å²) in [5.41, 5.74) is -0.378. The average Bonchev–Trinajstić information content (AvgIpc) is 2.51. The number of halogens is 4. The van der Waals surface area contributed by atoms with Crippen LogP contribution in [0.15, 0.2) is 23.8 Å². The molecule has 2 unspecified atom stereocenters. The van der Waals surface area contributed by atoms with Crippen molar-refractivity contribution in [2.24, 2.45) is 17.8 Å². The zero-order chi connectivity index (χ0) is 16.7. The highest BCUT2D eigenvalue weighted by molar-refractivity contribution is 5.33. The average molecular weight is 332 g/mol. The fourth-order valence-electron chi connectivity index (χ4n) is 4.24. The Labute approximate surface area is 134 Å². The Morgan fingerprint density at radius 2 is 1.61 bits per heavy atom. The molecule has 2 fully saturated rings. The Morgan fingerprint density at radius 3 is 2.22 bits per heavy atom. The molecule has 0 aromatic rings. The van der Waals surface area contributed by atoms with E-state index in [1.165, 1.54) is 6.08 Å². The molecule has 3 aliphatic rings. The van der Waals surface area contributed by atoms with Crippen molar-refractivity contribution in [3.63, 3.8) is 0 Å². The van der Waals surface area contributed by atoms with Crippen LogP contribution in [0.1, 0.15) is 45.4 Å². The third kappa shape index (κ3) is 3.21. The molecule has 1 saturated carbocycles. The maximum absolute atomic E-state index is 14.0. The largest absolute Gasteiger partial charge is 0.378 e. The zero-order valence-corrected chi connectivity index (χ0v) is 13.4. The van der Waals surface area contributed by atoms with E-state index in [4.69, 9.17) is 4.74 Å². The minimum Gasteiger partial charge on any atom is -0.378 e. The second-order valence-electron chi connectivity index (χ2n) is 7.27. The molecule has 3 rings (SSSR count). The molecular weight excluding hydrogens is 308 g/mol. The Kier molecular flexibility index (Phi) is 4.60. The smallest absolute Gasteiger partial charge is 0.335 e. The summed E-state index contributed by atoms with van der Waals surface area (Å²) in [5, 5.41) is 0. The van der Waals surface area contributed by atoms with Gasteiger partial charge in [0.2, 0.25) is 0 Å². The van der Waals surface area contributed by atoms with Gasteiger partial charge in [-0.15, -0.1) is 0 Å². The van der Waals surface area contributed by atoms with Crippen molar-refractivity contribution in [2.75, 3.05) is 6.61 Å². The normalized spacial score (nSPS) is 39.8. The Bertz CT molecular complexity index is 481. The van der Waals surface area contributed by atoms with Gasteiger partial charge in [-0.1, -0.05) is 12.2 Å². The number of alkyl halides is 4. The number of hydrogen-bond donors (Lipinski definition) is 0. The molecule has 0 aromatic heterocycles. The van der Waals surface area contributed by atoms with E-state index in [1.54, 1.807) is 0 Å². The van der Waals surface area contributed by atoms with Crippen LogP contribution in [0.4, 0.5) is 17.6 Å². The summed E-state index contributed by atoms with van der Waals surface area (Å²) < 4.78 is 60.8. The molecule has 0 N–H and O–H groups in total. The Balaban J connectivity index is 1.61. The molecule has 23 heavy (non-hydrogen) atoms. The molecule has 1 saturated heterocycles. The van der Waals surface area contributed by atoms with E-state index in [0.29, 0.717) is 36.9 Å². The third-order valence-electron chi connectivity index (χ3n) is 5.78. The van der Waals surface area contributed by atoms with Crippen LogP contribution in [0.2, 0.25) is 0 Å². The van der Waals surface area contributed by atoms with Crippen LogP contribution in [0.25, 0.3) is 0 Å². The third-order valence-corrected chi connectivity index (χ3v) is 5.78. The molecule has 1 aliphatic heterocycles. The van der Waals surface area contributed by atoms with Gasteiger partial charge in [0.25, 0.3) is 0 Å². The van der Waals surface area contributed by atoms with Gasteiger partial charge in [0.1, 0.15) is 0 Å². The lowest BCUT2D eigenvalue weighted by Crippen LogP contribution is -2.44. The lowest BCUT2D eigenvalue weighted by molar-refractivity contribution is -0.161. The standard InChI is InChI=1S/C18H24F4O/c1-12-4-5-15(11-23-12)13-6-8-14(9-7-13)16-3-2-10-17(19,20)18(16,21)22/h2-3,10,12-15H,4-9,11H2,1H3. The maximum Gasteiger partial charge on any atom is 0.335 e. The second-order valence-corrected chi connectivity index (χ2v) is 7.27. The van der Waals surface area contributed by atoms with Crippen molar-refractivity contribution >= 4 is 0 Å². The summed E-state index contributed by atoms with van der Waals surface area (Å²) in [6.07, 6.45) is 7.87. The first kappa shape index (κ1) is 17.0. The first-order valence-corrected chi connectivity index (χ1v) is 8.58. The van der Waals surface area contributed by atoms with Crippen LogP contribution >= 0.6 is 0 Å². The highest BCUT2D eigenvalue weighted by Crippen LogP contribution is 2.50. The minimum absolute atomic E-state index is 0.308. The molecule has 1 nitrogen and oxygen atoms in total. The van der Waals surface area contributed by atoms with Crippen LogP contribution in [-0.4, -0.2) is 24.6 Å². The molecule has 2 aliphatic carbocycles. The molecule has 130 valence electrons. The first-order chi connectivity index (χ1) is 10.8. The summed E-state index contributed by atoms with van der Waals surface area (Å²) in [5.74, 6) is -7.58. The van der Waals surface area contributed by atoms with E-state index in [2.05, 4.69) is 6.92 Å². The lowest BCUT2D eigenvalue weighted by atomic mass is 9.70. The van der Waals surface area contributed by atoms with Crippen molar-refractivity contribution in [1.82, 2.24) is 0 Å². The van der Waals surface area contributed by atoms with Gasteiger partial charge in [-0.25, -0.2) is 0 Å². The highest BCUT2D eigenvalue weighted by atomic mass is 19.3. The van der Waals surface area contributed by atoms with Gasteiger partial charge in [-0.2, -0.15) is 17.6 Å². The van der Waals surface area contributed by atoms with Gasteiger partial charge in [-0.3, -0.25) is 0 Å². The maximum atomic E-state index is 14.0. The number of rotatable bonds is 2. The summed E-state index contributed by atoms with van der Waals surface area (Å²) in [4.78, 5) is 0. The number of hydrogen-bond acceptors (Lipinski definition) is 1. The fourth-order valence-corrected chi connectivity index (χ4v) is 4.24. The van der Waals surface area contributed by atoms with Gasteiger partial charge in [0, 0.05) is 5.57 Å². The van der Waals surface area contributed by atoms with Gasteiger partial charge in [-0.05, 0) is 69.3 Å². The monoisotopic (exact) mass is 332 g/mol. The lowest BCUT2D eigenvalue weighted by Gasteiger charge is -2.40. The van der Waals surface area contributed by atoms with Crippen molar-refractivity contribution in [2.45, 2.75) is 63.4 Å². The topological polar surface area (TPSA) is 9.23 Å². The summed E-state index contributed by atoms with van der Waals surface area (Å²) in [6, 6.07) is 0. The van der Waals surface area contributed by atoms with E-state index in [1.807, 2.05) is 0 Å². The van der Waals surface area contributed by atoms with Crippen LogP contribution < -0.4 is 0 Å². The predicted molar refractivity (Wildman–Crippen MR) is 80.7 cm³/mol. The molecule has 2 atom stereocenters. The molecule has 5 heteroatoms. The molecular formula is C18H24F4O. The number of allylic oxidation sites excluding steroid dienone is 4. The SMILES string of the molecule is CC1CCC(C2CCC(C3=CC=CC(F)(F)C3(F)F)CC2)CO1.